The molecule has 2 aliphatic rings. The maximum Gasteiger partial charge on any atom is 0.304 e. The smallest absolute Gasteiger partial charge is 0.304 e. The lowest BCUT2D eigenvalue weighted by Crippen LogP contribution is -2.44. The maximum absolute atomic E-state index is 10.6. The Morgan fingerprint density at radius 3 is 2.67 bits per heavy atom. The predicted molar refractivity (Wildman–Crippen MR) is 96.8 cm³/mol. The van der Waals surface area contributed by atoms with E-state index in [9.17, 15) is 4.79 Å². The summed E-state index contributed by atoms with van der Waals surface area (Å²) < 4.78 is 0. The van der Waals surface area contributed by atoms with Crippen LogP contribution < -0.4 is 5.32 Å². The lowest BCUT2D eigenvalue weighted by atomic mass is 10.0. The van der Waals surface area contributed by atoms with Crippen molar-refractivity contribution in [3.05, 3.63) is 41.5 Å². The van der Waals surface area contributed by atoms with E-state index < -0.39 is 5.97 Å². The van der Waals surface area contributed by atoms with Gasteiger partial charge < -0.3 is 15.3 Å². The predicted octanol–water partition coefficient (Wildman–Crippen LogP) is 3.01. The SMILES string of the molecule is CC(=Cc1ccccc1)C1C[C@@H]1NC1CCN(CCC(=O)O)CC1. The first-order valence-corrected chi connectivity index (χ1v) is 9.05. The molecule has 2 fully saturated rings. The first-order valence-electron chi connectivity index (χ1n) is 9.05. The minimum Gasteiger partial charge on any atom is -0.481 e. The van der Waals surface area contributed by atoms with E-state index in [1.165, 1.54) is 17.6 Å². The summed E-state index contributed by atoms with van der Waals surface area (Å²) in [4.78, 5) is 12.9. The van der Waals surface area contributed by atoms with Gasteiger partial charge in [-0.2, -0.15) is 0 Å². The topological polar surface area (TPSA) is 52.6 Å². The van der Waals surface area contributed by atoms with Crippen molar-refractivity contribution in [3.8, 4) is 0 Å². The molecule has 1 saturated heterocycles. The van der Waals surface area contributed by atoms with Crippen molar-refractivity contribution >= 4 is 12.0 Å². The molecule has 130 valence electrons. The Kier molecular flexibility index (Phi) is 5.69. The highest BCUT2D eigenvalue weighted by atomic mass is 16.4. The van der Waals surface area contributed by atoms with Crippen LogP contribution in [0.3, 0.4) is 0 Å². The quantitative estimate of drug-likeness (QED) is 0.808. The number of aliphatic carboxylic acids is 1. The van der Waals surface area contributed by atoms with Crippen LogP contribution >= 0.6 is 0 Å². The first kappa shape index (κ1) is 17.2. The summed E-state index contributed by atoms with van der Waals surface area (Å²) in [6, 6.07) is 11.7. The van der Waals surface area contributed by atoms with E-state index in [0.29, 0.717) is 24.5 Å². The number of hydrogen-bond acceptors (Lipinski definition) is 3. The van der Waals surface area contributed by atoms with Gasteiger partial charge in [-0.25, -0.2) is 0 Å². The third kappa shape index (κ3) is 4.92. The van der Waals surface area contributed by atoms with E-state index in [0.717, 1.165) is 25.9 Å². The average molecular weight is 328 g/mol. The molecule has 0 aromatic heterocycles. The Hall–Kier alpha value is -1.65. The van der Waals surface area contributed by atoms with Crippen LogP contribution in [-0.4, -0.2) is 47.7 Å². The summed E-state index contributed by atoms with van der Waals surface area (Å²) in [5, 5.41) is 12.6. The molecule has 2 atom stereocenters. The number of benzene rings is 1. The van der Waals surface area contributed by atoms with Crippen molar-refractivity contribution in [1.29, 1.82) is 0 Å². The van der Waals surface area contributed by atoms with Crippen LogP contribution in [0.25, 0.3) is 6.08 Å². The minimum atomic E-state index is -0.697. The molecule has 1 aromatic carbocycles. The zero-order valence-corrected chi connectivity index (χ0v) is 14.4. The van der Waals surface area contributed by atoms with Gasteiger partial charge in [0.2, 0.25) is 0 Å². The summed E-state index contributed by atoms with van der Waals surface area (Å²) in [5.74, 6) is -0.0213. The highest BCUT2D eigenvalue weighted by Gasteiger charge is 2.39. The molecule has 1 saturated carbocycles. The summed E-state index contributed by atoms with van der Waals surface area (Å²) in [6.07, 6.45) is 6.07. The number of carbonyl (C=O) groups is 1. The fraction of sp³-hybridized carbons (Fsp3) is 0.550. The van der Waals surface area contributed by atoms with Gasteiger partial charge in [-0.3, -0.25) is 4.79 Å². The number of carboxylic acids is 1. The van der Waals surface area contributed by atoms with Gasteiger partial charge in [0.1, 0.15) is 0 Å². The Labute approximate surface area is 144 Å². The molecule has 0 bridgehead atoms. The zero-order valence-electron chi connectivity index (χ0n) is 14.4. The van der Waals surface area contributed by atoms with Crippen molar-refractivity contribution in [1.82, 2.24) is 10.2 Å². The number of hydrogen-bond donors (Lipinski definition) is 2. The van der Waals surface area contributed by atoms with E-state index >= 15 is 0 Å². The highest BCUT2D eigenvalue weighted by molar-refractivity contribution is 5.66. The molecule has 3 rings (SSSR count). The number of carboxylic acid groups (broad SMARTS) is 1. The van der Waals surface area contributed by atoms with Crippen LogP contribution in [0, 0.1) is 5.92 Å². The van der Waals surface area contributed by atoms with Crippen LogP contribution in [0.15, 0.2) is 35.9 Å². The number of piperidine rings is 1. The molecule has 0 spiro atoms. The zero-order chi connectivity index (χ0) is 16.9. The Morgan fingerprint density at radius 2 is 2.00 bits per heavy atom. The van der Waals surface area contributed by atoms with Gasteiger partial charge in [-0.1, -0.05) is 42.0 Å². The Bertz CT molecular complexity index is 577. The highest BCUT2D eigenvalue weighted by Crippen LogP contribution is 2.38. The van der Waals surface area contributed by atoms with Crippen LogP contribution in [0.1, 0.15) is 38.2 Å². The molecule has 0 amide bonds. The Morgan fingerprint density at radius 1 is 1.29 bits per heavy atom. The van der Waals surface area contributed by atoms with Gasteiger partial charge in [-0.05, 0) is 50.8 Å². The fourth-order valence-corrected chi connectivity index (χ4v) is 3.68. The first-order chi connectivity index (χ1) is 11.6. The average Bonchev–Trinajstić information content (AvgIpc) is 3.34. The van der Waals surface area contributed by atoms with E-state index in [1.54, 1.807) is 0 Å². The number of nitrogens with zero attached hydrogens (tertiary/aromatic N) is 1. The van der Waals surface area contributed by atoms with Crippen LogP contribution in [0.5, 0.6) is 0 Å². The molecule has 2 N–H and O–H groups in total. The van der Waals surface area contributed by atoms with E-state index in [4.69, 9.17) is 5.11 Å². The molecule has 4 nitrogen and oxygen atoms in total. The summed E-state index contributed by atoms with van der Waals surface area (Å²) >= 11 is 0. The summed E-state index contributed by atoms with van der Waals surface area (Å²) in [7, 11) is 0. The lowest BCUT2D eigenvalue weighted by molar-refractivity contribution is -0.137. The summed E-state index contributed by atoms with van der Waals surface area (Å²) in [6.45, 7) is 4.96. The van der Waals surface area contributed by atoms with E-state index in [-0.39, 0.29) is 6.42 Å². The molecular formula is C20H28N2O2. The normalized spacial score (nSPS) is 25.6. The second-order valence-electron chi connectivity index (χ2n) is 7.17. The third-order valence-electron chi connectivity index (χ3n) is 5.25. The van der Waals surface area contributed by atoms with Crippen molar-refractivity contribution in [2.75, 3.05) is 19.6 Å². The van der Waals surface area contributed by atoms with Gasteiger partial charge >= 0.3 is 5.97 Å². The lowest BCUT2D eigenvalue weighted by Gasteiger charge is -2.32. The molecule has 1 aromatic rings. The van der Waals surface area contributed by atoms with E-state index in [2.05, 4.69) is 53.5 Å². The second-order valence-corrected chi connectivity index (χ2v) is 7.17. The standard InChI is InChI=1S/C20H28N2O2/c1-15(13-16-5-3-2-4-6-16)18-14-19(18)21-17-7-10-22(11-8-17)12-9-20(23)24/h2-6,13,17-19,21H,7-12,14H2,1H3,(H,23,24)/t18?,19-/m0/s1. The van der Waals surface area contributed by atoms with Crippen LogP contribution in [0.2, 0.25) is 0 Å². The van der Waals surface area contributed by atoms with Gasteiger partial charge in [0.05, 0.1) is 6.42 Å². The molecule has 1 aliphatic heterocycles. The third-order valence-corrected chi connectivity index (χ3v) is 5.25. The molecule has 1 aliphatic carbocycles. The molecule has 24 heavy (non-hydrogen) atoms. The largest absolute Gasteiger partial charge is 0.481 e. The molecular weight excluding hydrogens is 300 g/mol. The molecule has 0 radical (unpaired) electrons. The van der Waals surface area contributed by atoms with Crippen molar-refractivity contribution in [2.24, 2.45) is 5.92 Å². The second kappa shape index (κ2) is 7.95. The van der Waals surface area contributed by atoms with Gasteiger partial charge in [0.15, 0.2) is 0 Å². The molecule has 1 unspecified atom stereocenters. The van der Waals surface area contributed by atoms with E-state index in [1.807, 2.05) is 0 Å². The van der Waals surface area contributed by atoms with Crippen LogP contribution in [0.4, 0.5) is 0 Å². The summed E-state index contributed by atoms with van der Waals surface area (Å²) in [5.41, 5.74) is 2.75. The minimum absolute atomic E-state index is 0.256. The van der Waals surface area contributed by atoms with Gasteiger partial charge in [-0.15, -0.1) is 0 Å². The van der Waals surface area contributed by atoms with Crippen molar-refractivity contribution in [2.45, 2.75) is 44.7 Å². The van der Waals surface area contributed by atoms with Gasteiger partial charge in [0, 0.05) is 18.6 Å². The number of rotatable bonds is 7. The van der Waals surface area contributed by atoms with Gasteiger partial charge in [0.25, 0.3) is 0 Å². The molecule has 4 heteroatoms. The fourth-order valence-electron chi connectivity index (χ4n) is 3.68. The molecule has 1 heterocycles. The Balaban J connectivity index is 1.40. The van der Waals surface area contributed by atoms with Crippen LogP contribution in [-0.2, 0) is 4.79 Å². The van der Waals surface area contributed by atoms with Crippen molar-refractivity contribution in [3.63, 3.8) is 0 Å². The maximum atomic E-state index is 10.6. The monoisotopic (exact) mass is 328 g/mol. The van der Waals surface area contributed by atoms with Crippen molar-refractivity contribution < 1.29 is 9.90 Å². The number of likely N-dealkylation sites (tertiary alicyclic amines) is 1. The number of nitrogens with one attached hydrogen (secondary N) is 1.